The molecule has 3 heterocycles. The molecule has 0 aliphatic carbocycles. The van der Waals surface area contributed by atoms with Crippen LogP contribution in [0, 0.1) is 17.0 Å². The Hall–Kier alpha value is -2.44. The van der Waals surface area contributed by atoms with Gasteiger partial charge < -0.3 is 9.47 Å². The lowest BCUT2D eigenvalue weighted by Gasteiger charge is -2.33. The van der Waals surface area contributed by atoms with Gasteiger partial charge in [0.25, 0.3) is 0 Å². The van der Waals surface area contributed by atoms with Crippen molar-refractivity contribution in [1.82, 2.24) is 14.5 Å². The first-order valence-electron chi connectivity index (χ1n) is 6.99. The van der Waals surface area contributed by atoms with E-state index in [9.17, 15) is 10.1 Å². The van der Waals surface area contributed by atoms with Gasteiger partial charge in [0.05, 0.1) is 11.3 Å². The van der Waals surface area contributed by atoms with Crippen LogP contribution < -0.4 is 4.90 Å². The minimum atomic E-state index is -0.367. The predicted octanol–water partition coefficient (Wildman–Crippen LogP) is 2.34. The van der Waals surface area contributed by atoms with Crippen molar-refractivity contribution in [3.63, 3.8) is 0 Å². The van der Waals surface area contributed by atoms with Crippen molar-refractivity contribution < 1.29 is 4.92 Å². The molecule has 21 heavy (non-hydrogen) atoms. The maximum Gasteiger partial charge on any atom is 0.311 e. The summed E-state index contributed by atoms with van der Waals surface area (Å²) in [6.07, 6.45) is 7.19. The molecule has 1 aliphatic rings. The first-order valence-corrected chi connectivity index (χ1v) is 6.99. The third kappa shape index (κ3) is 2.58. The number of aryl methyl sites for hydroxylation is 1. The summed E-state index contributed by atoms with van der Waals surface area (Å²) in [5.74, 6) is 0.475. The minimum Gasteiger partial charge on any atom is -0.351 e. The number of piperidine rings is 1. The summed E-state index contributed by atoms with van der Waals surface area (Å²) in [7, 11) is 0. The van der Waals surface area contributed by atoms with Crippen molar-refractivity contribution in [1.29, 1.82) is 0 Å². The van der Waals surface area contributed by atoms with Crippen LogP contribution in [0.25, 0.3) is 0 Å². The van der Waals surface area contributed by atoms with Crippen LogP contribution in [0.2, 0.25) is 0 Å². The normalized spacial score (nSPS) is 16.1. The molecule has 0 N–H and O–H groups in total. The Morgan fingerprint density at radius 2 is 2.14 bits per heavy atom. The number of hydrogen-bond donors (Lipinski definition) is 0. The molecule has 1 aliphatic heterocycles. The average Bonchev–Trinajstić information content (AvgIpc) is 2.93. The van der Waals surface area contributed by atoms with Gasteiger partial charge in [0, 0.05) is 43.3 Å². The second-order valence-electron chi connectivity index (χ2n) is 5.26. The van der Waals surface area contributed by atoms with Gasteiger partial charge in [0.1, 0.15) is 0 Å². The molecule has 2 aromatic rings. The molecule has 0 radical (unpaired) electrons. The Labute approximate surface area is 122 Å². The Morgan fingerprint density at radius 1 is 1.38 bits per heavy atom. The van der Waals surface area contributed by atoms with E-state index in [0.29, 0.717) is 11.9 Å². The Kier molecular flexibility index (Phi) is 3.55. The topological polar surface area (TPSA) is 77.1 Å². The van der Waals surface area contributed by atoms with Crippen LogP contribution in [0.15, 0.2) is 30.9 Å². The highest BCUT2D eigenvalue weighted by molar-refractivity contribution is 5.57. The number of aromatic nitrogens is 3. The summed E-state index contributed by atoms with van der Waals surface area (Å²) < 4.78 is 2.18. The largest absolute Gasteiger partial charge is 0.351 e. The first kappa shape index (κ1) is 13.5. The van der Waals surface area contributed by atoms with Gasteiger partial charge in [-0.15, -0.1) is 0 Å². The van der Waals surface area contributed by atoms with E-state index in [2.05, 4.69) is 14.5 Å². The molecule has 0 saturated carbocycles. The van der Waals surface area contributed by atoms with E-state index in [1.165, 1.54) is 6.07 Å². The second-order valence-corrected chi connectivity index (χ2v) is 5.26. The molecule has 7 nitrogen and oxygen atoms in total. The molecular formula is C14H17N5O2. The average molecular weight is 287 g/mol. The fraction of sp³-hybridized carbons (Fsp3) is 0.429. The maximum atomic E-state index is 11.1. The minimum absolute atomic E-state index is 0.0785. The molecule has 110 valence electrons. The zero-order chi connectivity index (χ0) is 14.8. The van der Waals surface area contributed by atoms with Crippen LogP contribution in [0.1, 0.15) is 24.6 Å². The van der Waals surface area contributed by atoms with E-state index in [4.69, 9.17) is 0 Å². The Balaban J connectivity index is 1.75. The Bertz CT molecular complexity index is 646. The van der Waals surface area contributed by atoms with Crippen molar-refractivity contribution in [3.05, 3.63) is 46.7 Å². The highest BCUT2D eigenvalue weighted by Crippen LogP contribution is 2.30. The van der Waals surface area contributed by atoms with Gasteiger partial charge in [-0.25, -0.2) is 9.97 Å². The molecule has 0 atom stereocenters. The fourth-order valence-corrected chi connectivity index (χ4v) is 2.88. The van der Waals surface area contributed by atoms with E-state index in [1.807, 2.05) is 24.3 Å². The number of anilines is 1. The molecule has 0 bridgehead atoms. The molecule has 7 heteroatoms. The molecule has 0 spiro atoms. The van der Waals surface area contributed by atoms with Crippen molar-refractivity contribution >= 4 is 11.5 Å². The SMILES string of the molecule is Cc1cncn1C1CCN(c2ncccc2[N+](=O)[O-])CC1. The van der Waals surface area contributed by atoms with Crippen molar-refractivity contribution in [3.8, 4) is 0 Å². The zero-order valence-electron chi connectivity index (χ0n) is 11.8. The summed E-state index contributed by atoms with van der Waals surface area (Å²) >= 11 is 0. The standard InChI is InChI=1S/C14H17N5O2/c1-11-9-15-10-18(11)12-4-7-17(8-5-12)14-13(19(20)21)3-2-6-16-14/h2-3,6,9-10,12H,4-5,7-8H2,1H3. The van der Waals surface area contributed by atoms with Gasteiger partial charge >= 0.3 is 5.69 Å². The highest BCUT2D eigenvalue weighted by Gasteiger charge is 2.26. The molecule has 0 aromatic carbocycles. The van der Waals surface area contributed by atoms with Gasteiger partial charge in [-0.2, -0.15) is 0 Å². The third-order valence-corrected chi connectivity index (χ3v) is 3.98. The molecule has 2 aromatic heterocycles. The molecule has 0 unspecified atom stereocenters. The van der Waals surface area contributed by atoms with Crippen LogP contribution in [0.4, 0.5) is 11.5 Å². The smallest absolute Gasteiger partial charge is 0.311 e. The van der Waals surface area contributed by atoms with Crippen LogP contribution >= 0.6 is 0 Å². The van der Waals surface area contributed by atoms with E-state index in [0.717, 1.165) is 31.6 Å². The van der Waals surface area contributed by atoms with E-state index < -0.39 is 0 Å². The van der Waals surface area contributed by atoms with Gasteiger partial charge in [-0.3, -0.25) is 10.1 Å². The predicted molar refractivity (Wildman–Crippen MR) is 78.3 cm³/mol. The number of rotatable bonds is 3. The van der Waals surface area contributed by atoms with Crippen LogP contribution in [-0.4, -0.2) is 32.5 Å². The van der Waals surface area contributed by atoms with Crippen molar-refractivity contribution in [2.75, 3.05) is 18.0 Å². The van der Waals surface area contributed by atoms with Crippen molar-refractivity contribution in [2.45, 2.75) is 25.8 Å². The quantitative estimate of drug-likeness (QED) is 0.639. The monoisotopic (exact) mass is 287 g/mol. The zero-order valence-corrected chi connectivity index (χ0v) is 11.8. The Morgan fingerprint density at radius 3 is 2.76 bits per heavy atom. The van der Waals surface area contributed by atoms with Crippen LogP contribution in [-0.2, 0) is 0 Å². The fourth-order valence-electron chi connectivity index (χ4n) is 2.88. The first-order chi connectivity index (χ1) is 10.2. The summed E-state index contributed by atoms with van der Waals surface area (Å²) in [4.78, 5) is 21.1. The van der Waals surface area contributed by atoms with Crippen LogP contribution in [0.5, 0.6) is 0 Å². The van der Waals surface area contributed by atoms with E-state index in [-0.39, 0.29) is 10.6 Å². The summed E-state index contributed by atoms with van der Waals surface area (Å²) in [6.45, 7) is 3.57. The third-order valence-electron chi connectivity index (χ3n) is 3.98. The lowest BCUT2D eigenvalue weighted by molar-refractivity contribution is -0.384. The van der Waals surface area contributed by atoms with E-state index >= 15 is 0 Å². The maximum absolute atomic E-state index is 11.1. The number of pyridine rings is 1. The molecule has 3 rings (SSSR count). The van der Waals surface area contributed by atoms with Gasteiger partial charge in [-0.05, 0) is 25.8 Å². The number of nitro groups is 1. The van der Waals surface area contributed by atoms with Crippen LogP contribution in [0.3, 0.4) is 0 Å². The van der Waals surface area contributed by atoms with Gasteiger partial charge in [0.2, 0.25) is 5.82 Å². The number of nitrogens with zero attached hydrogens (tertiary/aromatic N) is 5. The summed E-state index contributed by atoms with van der Waals surface area (Å²) in [5, 5.41) is 11.1. The van der Waals surface area contributed by atoms with E-state index in [1.54, 1.807) is 12.3 Å². The molecule has 1 fully saturated rings. The number of imidazole rings is 1. The van der Waals surface area contributed by atoms with Crippen molar-refractivity contribution in [2.24, 2.45) is 0 Å². The summed E-state index contributed by atoms with van der Waals surface area (Å²) in [6, 6.07) is 3.52. The molecular weight excluding hydrogens is 270 g/mol. The summed E-state index contributed by atoms with van der Waals surface area (Å²) in [5.41, 5.74) is 1.23. The molecule has 1 saturated heterocycles. The molecule has 0 amide bonds. The lowest BCUT2D eigenvalue weighted by atomic mass is 10.0. The highest BCUT2D eigenvalue weighted by atomic mass is 16.6. The van der Waals surface area contributed by atoms with Gasteiger partial charge in [0.15, 0.2) is 0 Å². The van der Waals surface area contributed by atoms with Gasteiger partial charge in [-0.1, -0.05) is 0 Å². The second kappa shape index (κ2) is 5.51. The lowest BCUT2D eigenvalue weighted by Crippen LogP contribution is -2.35. The number of hydrogen-bond acceptors (Lipinski definition) is 5.